The quantitative estimate of drug-likeness (QED) is 0.767. The molecule has 0 radical (unpaired) electrons. The lowest BCUT2D eigenvalue weighted by Gasteiger charge is -2.14. The Kier molecular flexibility index (Phi) is 7.09. The molecule has 1 unspecified atom stereocenters. The fourth-order valence-electron chi connectivity index (χ4n) is 1.81. The van der Waals surface area contributed by atoms with E-state index in [1.807, 2.05) is 26.0 Å². The molecule has 4 nitrogen and oxygen atoms in total. The Hall–Kier alpha value is -1.55. The van der Waals surface area contributed by atoms with E-state index in [1.54, 1.807) is 0 Å². The molecule has 0 saturated heterocycles. The van der Waals surface area contributed by atoms with E-state index in [9.17, 15) is 4.79 Å². The Bertz CT molecular complexity index is 432. The molecule has 1 atom stereocenters. The number of hydrogen-bond acceptors (Lipinski definition) is 3. The summed E-state index contributed by atoms with van der Waals surface area (Å²) in [5.74, 6) is 0.699. The van der Waals surface area contributed by atoms with E-state index >= 15 is 0 Å². The van der Waals surface area contributed by atoms with Gasteiger partial charge in [-0.2, -0.15) is 0 Å². The van der Waals surface area contributed by atoms with Gasteiger partial charge in [0.2, 0.25) is 0 Å². The smallest absolute Gasteiger partial charge is 0.258 e. The van der Waals surface area contributed by atoms with Gasteiger partial charge in [-0.25, -0.2) is 0 Å². The average Bonchev–Trinajstić information content (AvgIpc) is 2.43. The average molecular weight is 278 g/mol. The number of amides is 1. The van der Waals surface area contributed by atoms with E-state index in [1.165, 1.54) is 5.56 Å². The molecular weight excluding hydrogens is 252 g/mol. The van der Waals surface area contributed by atoms with E-state index in [0.29, 0.717) is 0 Å². The summed E-state index contributed by atoms with van der Waals surface area (Å²) in [6.07, 6.45) is 0.919. The number of benzene rings is 1. The molecular formula is C16H26N2O2. The summed E-state index contributed by atoms with van der Waals surface area (Å²) in [6, 6.07) is 6.20. The first-order valence-electron chi connectivity index (χ1n) is 7.29. The standard InChI is InChI=1S/C16H26N2O2/c1-5-13(4)18-16(19)11-20-15-8-7-12(3)9-14(15)10-17-6-2/h7-9,13,17H,5-6,10-11H2,1-4H3,(H,18,19). The molecule has 0 heterocycles. The van der Waals surface area contributed by atoms with Gasteiger partial charge in [-0.05, 0) is 32.9 Å². The third-order valence-corrected chi connectivity index (χ3v) is 3.16. The van der Waals surface area contributed by atoms with Gasteiger partial charge in [-0.1, -0.05) is 31.5 Å². The Morgan fingerprint density at radius 1 is 1.35 bits per heavy atom. The minimum atomic E-state index is -0.0747. The lowest BCUT2D eigenvalue weighted by atomic mass is 10.1. The van der Waals surface area contributed by atoms with Crippen molar-refractivity contribution in [3.05, 3.63) is 29.3 Å². The molecule has 0 aromatic heterocycles. The second-order valence-corrected chi connectivity index (χ2v) is 5.06. The zero-order valence-corrected chi connectivity index (χ0v) is 13.0. The SMILES string of the molecule is CCNCc1cc(C)ccc1OCC(=O)NC(C)CC. The third kappa shape index (κ3) is 5.61. The number of aryl methyl sites for hydroxylation is 1. The van der Waals surface area contributed by atoms with E-state index in [2.05, 4.69) is 30.5 Å². The number of carbonyl (C=O) groups is 1. The highest BCUT2D eigenvalue weighted by atomic mass is 16.5. The molecule has 0 aliphatic heterocycles. The molecule has 4 heteroatoms. The van der Waals surface area contributed by atoms with Gasteiger partial charge < -0.3 is 15.4 Å². The van der Waals surface area contributed by atoms with E-state index < -0.39 is 0 Å². The molecule has 1 amide bonds. The molecule has 0 spiro atoms. The van der Waals surface area contributed by atoms with Gasteiger partial charge in [0.15, 0.2) is 6.61 Å². The van der Waals surface area contributed by atoms with Gasteiger partial charge in [0.1, 0.15) is 5.75 Å². The van der Waals surface area contributed by atoms with Crippen LogP contribution in [-0.2, 0) is 11.3 Å². The van der Waals surface area contributed by atoms with Gasteiger partial charge in [0, 0.05) is 18.2 Å². The molecule has 20 heavy (non-hydrogen) atoms. The van der Waals surface area contributed by atoms with Crippen LogP contribution in [0, 0.1) is 6.92 Å². The van der Waals surface area contributed by atoms with Crippen molar-refractivity contribution in [2.75, 3.05) is 13.2 Å². The van der Waals surface area contributed by atoms with Crippen LogP contribution in [0.4, 0.5) is 0 Å². The maximum absolute atomic E-state index is 11.7. The van der Waals surface area contributed by atoms with Crippen molar-refractivity contribution in [3.63, 3.8) is 0 Å². The molecule has 0 aliphatic rings. The number of hydrogen-bond donors (Lipinski definition) is 2. The summed E-state index contributed by atoms with van der Waals surface area (Å²) in [5, 5.41) is 6.17. The number of ether oxygens (including phenoxy) is 1. The summed E-state index contributed by atoms with van der Waals surface area (Å²) in [6.45, 7) is 9.86. The zero-order valence-electron chi connectivity index (χ0n) is 13.0. The van der Waals surface area contributed by atoms with Crippen LogP contribution >= 0.6 is 0 Å². The fraction of sp³-hybridized carbons (Fsp3) is 0.562. The molecule has 1 rings (SSSR count). The molecule has 0 saturated carbocycles. The van der Waals surface area contributed by atoms with Crippen molar-refractivity contribution < 1.29 is 9.53 Å². The summed E-state index contributed by atoms with van der Waals surface area (Å²) in [4.78, 5) is 11.7. The largest absolute Gasteiger partial charge is 0.483 e. The normalized spacial score (nSPS) is 12.0. The van der Waals surface area contributed by atoms with Crippen molar-refractivity contribution >= 4 is 5.91 Å². The third-order valence-electron chi connectivity index (χ3n) is 3.16. The van der Waals surface area contributed by atoms with Crippen LogP contribution in [0.2, 0.25) is 0 Å². The van der Waals surface area contributed by atoms with E-state index in [-0.39, 0.29) is 18.6 Å². The molecule has 112 valence electrons. The number of rotatable bonds is 8. The van der Waals surface area contributed by atoms with Crippen molar-refractivity contribution in [1.29, 1.82) is 0 Å². The maximum atomic E-state index is 11.7. The molecule has 0 bridgehead atoms. The molecule has 0 aliphatic carbocycles. The highest BCUT2D eigenvalue weighted by molar-refractivity contribution is 5.77. The van der Waals surface area contributed by atoms with Gasteiger partial charge in [0.05, 0.1) is 0 Å². The minimum Gasteiger partial charge on any atom is -0.483 e. The molecule has 1 aromatic carbocycles. The lowest BCUT2D eigenvalue weighted by molar-refractivity contribution is -0.123. The van der Waals surface area contributed by atoms with Crippen LogP contribution in [0.25, 0.3) is 0 Å². The monoisotopic (exact) mass is 278 g/mol. The van der Waals surface area contributed by atoms with E-state index in [0.717, 1.165) is 30.8 Å². The van der Waals surface area contributed by atoms with Crippen molar-refractivity contribution in [2.24, 2.45) is 0 Å². The minimum absolute atomic E-state index is 0.0620. The first-order chi connectivity index (χ1) is 9.56. The van der Waals surface area contributed by atoms with Crippen LogP contribution in [-0.4, -0.2) is 25.1 Å². The van der Waals surface area contributed by atoms with Crippen molar-refractivity contribution in [2.45, 2.75) is 46.7 Å². The highest BCUT2D eigenvalue weighted by Crippen LogP contribution is 2.19. The van der Waals surface area contributed by atoms with Crippen LogP contribution in [0.5, 0.6) is 5.75 Å². The Morgan fingerprint density at radius 2 is 2.10 bits per heavy atom. The summed E-state index contributed by atoms with van der Waals surface area (Å²) in [5.41, 5.74) is 2.28. The van der Waals surface area contributed by atoms with Gasteiger partial charge >= 0.3 is 0 Å². The van der Waals surface area contributed by atoms with Gasteiger partial charge in [0.25, 0.3) is 5.91 Å². The summed E-state index contributed by atoms with van der Waals surface area (Å²) < 4.78 is 5.64. The van der Waals surface area contributed by atoms with Crippen molar-refractivity contribution in [3.8, 4) is 5.75 Å². The number of nitrogens with one attached hydrogen (secondary N) is 2. The summed E-state index contributed by atoms with van der Waals surface area (Å²) in [7, 11) is 0. The second kappa shape index (κ2) is 8.59. The predicted molar refractivity (Wildman–Crippen MR) is 82.0 cm³/mol. The number of carbonyl (C=O) groups excluding carboxylic acids is 1. The van der Waals surface area contributed by atoms with Crippen LogP contribution < -0.4 is 15.4 Å². The first kappa shape index (κ1) is 16.5. The van der Waals surface area contributed by atoms with E-state index in [4.69, 9.17) is 4.74 Å². The topological polar surface area (TPSA) is 50.4 Å². The van der Waals surface area contributed by atoms with Crippen LogP contribution in [0.1, 0.15) is 38.3 Å². The first-order valence-corrected chi connectivity index (χ1v) is 7.29. The molecule has 0 fully saturated rings. The van der Waals surface area contributed by atoms with Crippen LogP contribution in [0.15, 0.2) is 18.2 Å². The fourth-order valence-corrected chi connectivity index (χ4v) is 1.81. The lowest BCUT2D eigenvalue weighted by Crippen LogP contribution is -2.35. The molecule has 2 N–H and O–H groups in total. The Balaban J connectivity index is 2.60. The maximum Gasteiger partial charge on any atom is 0.258 e. The zero-order chi connectivity index (χ0) is 15.0. The van der Waals surface area contributed by atoms with Gasteiger partial charge in [-0.15, -0.1) is 0 Å². The predicted octanol–water partition coefficient (Wildman–Crippen LogP) is 2.40. The van der Waals surface area contributed by atoms with Gasteiger partial charge in [-0.3, -0.25) is 4.79 Å². The Morgan fingerprint density at radius 3 is 2.75 bits per heavy atom. The van der Waals surface area contributed by atoms with Crippen molar-refractivity contribution in [1.82, 2.24) is 10.6 Å². The van der Waals surface area contributed by atoms with Crippen LogP contribution in [0.3, 0.4) is 0 Å². The second-order valence-electron chi connectivity index (χ2n) is 5.06. The summed E-state index contributed by atoms with van der Waals surface area (Å²) >= 11 is 0. The molecule has 1 aromatic rings. The highest BCUT2D eigenvalue weighted by Gasteiger charge is 2.09. The Labute approximate surface area is 121 Å².